The quantitative estimate of drug-likeness (QED) is 0.431. The van der Waals surface area contributed by atoms with Gasteiger partial charge in [0.05, 0.1) is 26.2 Å². The predicted molar refractivity (Wildman–Crippen MR) is 73.9 cm³/mol. The summed E-state index contributed by atoms with van der Waals surface area (Å²) in [4.78, 5) is 13.7. The van der Waals surface area contributed by atoms with E-state index in [4.69, 9.17) is 20.3 Å². The first kappa shape index (κ1) is 18.3. The molecule has 0 heterocycles. The molecule has 0 amide bonds. The third kappa shape index (κ3) is 12.1. The Morgan fingerprint density at radius 1 is 1.21 bits per heavy atom. The van der Waals surface area contributed by atoms with Crippen molar-refractivity contribution in [1.29, 1.82) is 0 Å². The second-order valence-electron chi connectivity index (χ2n) is 5.30. The lowest BCUT2D eigenvalue weighted by Gasteiger charge is -2.23. The van der Waals surface area contributed by atoms with Crippen LogP contribution in [0.2, 0.25) is 0 Å². The van der Waals surface area contributed by atoms with Crippen LogP contribution in [-0.2, 0) is 14.3 Å². The normalized spacial score (nSPS) is 11.9. The predicted octanol–water partition coefficient (Wildman–Crippen LogP) is -0.0122. The van der Waals surface area contributed by atoms with Crippen molar-refractivity contribution >= 4 is 5.97 Å². The van der Waals surface area contributed by atoms with Gasteiger partial charge in [0.15, 0.2) is 0 Å². The van der Waals surface area contributed by atoms with E-state index in [1.54, 1.807) is 0 Å². The van der Waals surface area contributed by atoms with Crippen LogP contribution in [0.15, 0.2) is 0 Å². The van der Waals surface area contributed by atoms with E-state index in [0.29, 0.717) is 45.8 Å². The molecule has 0 rings (SSSR count). The molecule has 0 aliphatic rings. The van der Waals surface area contributed by atoms with Crippen LogP contribution in [0.1, 0.15) is 27.2 Å². The highest BCUT2D eigenvalue weighted by Gasteiger charge is 2.16. The van der Waals surface area contributed by atoms with Crippen molar-refractivity contribution in [3.8, 4) is 0 Å². The summed E-state index contributed by atoms with van der Waals surface area (Å²) in [5.74, 6) is -0.203. The van der Waals surface area contributed by atoms with E-state index in [1.165, 1.54) is 0 Å². The fourth-order valence-corrected chi connectivity index (χ4v) is 1.52. The Balaban J connectivity index is 3.89. The summed E-state index contributed by atoms with van der Waals surface area (Å²) in [6.45, 7) is 8.99. The minimum atomic E-state index is -0.444. The molecule has 0 bridgehead atoms. The first-order chi connectivity index (χ1) is 8.89. The average Bonchev–Trinajstić information content (AvgIpc) is 2.29. The molecule has 0 fully saturated rings. The largest absolute Gasteiger partial charge is 0.460 e. The molecule has 0 spiro atoms. The number of hydrogen-bond acceptors (Lipinski definition) is 6. The summed E-state index contributed by atoms with van der Waals surface area (Å²) in [7, 11) is 0. The van der Waals surface area contributed by atoms with Crippen LogP contribution in [0.4, 0.5) is 0 Å². The first-order valence-corrected chi connectivity index (χ1v) is 6.72. The minimum absolute atomic E-state index is 0.0226. The van der Waals surface area contributed by atoms with Gasteiger partial charge in [-0.1, -0.05) is 0 Å². The van der Waals surface area contributed by atoms with Gasteiger partial charge in [-0.15, -0.1) is 0 Å². The Kier molecular flexibility index (Phi) is 9.77. The van der Waals surface area contributed by atoms with Gasteiger partial charge in [0, 0.05) is 26.2 Å². The number of nitrogens with zero attached hydrogens (tertiary/aromatic N) is 1. The van der Waals surface area contributed by atoms with Gasteiger partial charge in [0.2, 0.25) is 0 Å². The second-order valence-corrected chi connectivity index (χ2v) is 5.30. The maximum Gasteiger partial charge on any atom is 0.307 e. The van der Waals surface area contributed by atoms with Crippen molar-refractivity contribution in [3.05, 3.63) is 0 Å². The number of ether oxygens (including phenoxy) is 2. The van der Waals surface area contributed by atoms with Crippen LogP contribution in [0.25, 0.3) is 0 Å². The Labute approximate surface area is 115 Å². The maximum absolute atomic E-state index is 11.6. The van der Waals surface area contributed by atoms with E-state index in [0.717, 1.165) is 0 Å². The van der Waals surface area contributed by atoms with E-state index in [2.05, 4.69) is 4.90 Å². The molecule has 0 aromatic rings. The molecule has 0 unspecified atom stereocenters. The van der Waals surface area contributed by atoms with Crippen LogP contribution >= 0.6 is 0 Å². The zero-order chi connectivity index (χ0) is 14.7. The van der Waals surface area contributed by atoms with Crippen molar-refractivity contribution in [2.45, 2.75) is 32.8 Å². The fourth-order valence-electron chi connectivity index (χ4n) is 1.52. The number of hydrogen-bond donors (Lipinski definition) is 2. The van der Waals surface area contributed by atoms with Crippen molar-refractivity contribution in [2.24, 2.45) is 5.73 Å². The molecule has 6 heteroatoms. The zero-order valence-corrected chi connectivity index (χ0v) is 12.4. The highest BCUT2D eigenvalue weighted by atomic mass is 16.6. The number of rotatable bonds is 10. The molecule has 3 N–H and O–H groups in total. The molecule has 0 aromatic heterocycles. The summed E-state index contributed by atoms with van der Waals surface area (Å²) in [6, 6.07) is 0. The number of carbonyl (C=O) groups excluding carboxylic acids is 1. The van der Waals surface area contributed by atoms with Crippen LogP contribution in [0, 0.1) is 0 Å². The summed E-state index contributed by atoms with van der Waals surface area (Å²) in [6.07, 6.45) is 0.345. The van der Waals surface area contributed by atoms with Gasteiger partial charge >= 0.3 is 5.97 Å². The fraction of sp³-hybridized carbons (Fsp3) is 0.923. The standard InChI is InChI=1S/C13H28N2O4/c1-13(2,3)19-12(17)4-6-15(7-5-14)8-10-18-11-9-16/h16H,4-11,14H2,1-3H3. The molecule has 0 saturated carbocycles. The monoisotopic (exact) mass is 276 g/mol. The average molecular weight is 276 g/mol. The van der Waals surface area contributed by atoms with Crippen LogP contribution in [0.3, 0.4) is 0 Å². The van der Waals surface area contributed by atoms with Gasteiger partial charge in [-0.3, -0.25) is 9.69 Å². The summed E-state index contributed by atoms with van der Waals surface area (Å²) >= 11 is 0. The third-order valence-corrected chi connectivity index (χ3v) is 2.28. The highest BCUT2D eigenvalue weighted by molar-refractivity contribution is 5.70. The Morgan fingerprint density at radius 2 is 1.89 bits per heavy atom. The lowest BCUT2D eigenvalue weighted by molar-refractivity contribution is -0.155. The van der Waals surface area contributed by atoms with Gasteiger partial charge in [0.25, 0.3) is 0 Å². The topological polar surface area (TPSA) is 85.0 Å². The third-order valence-electron chi connectivity index (χ3n) is 2.28. The minimum Gasteiger partial charge on any atom is -0.460 e. The number of aliphatic hydroxyl groups is 1. The van der Waals surface area contributed by atoms with E-state index < -0.39 is 5.60 Å². The Morgan fingerprint density at radius 3 is 2.42 bits per heavy atom. The van der Waals surface area contributed by atoms with Crippen LogP contribution in [0.5, 0.6) is 0 Å². The molecular weight excluding hydrogens is 248 g/mol. The van der Waals surface area contributed by atoms with Gasteiger partial charge in [-0.25, -0.2) is 0 Å². The number of nitrogens with two attached hydrogens (primary N) is 1. The lowest BCUT2D eigenvalue weighted by atomic mass is 10.2. The van der Waals surface area contributed by atoms with Gasteiger partial charge in [0.1, 0.15) is 5.60 Å². The molecular formula is C13H28N2O4. The van der Waals surface area contributed by atoms with Crippen LogP contribution < -0.4 is 5.73 Å². The summed E-state index contributed by atoms with van der Waals surface area (Å²) in [5.41, 5.74) is 5.08. The first-order valence-electron chi connectivity index (χ1n) is 6.72. The number of aliphatic hydroxyl groups excluding tert-OH is 1. The molecule has 0 aliphatic carbocycles. The number of carbonyl (C=O) groups is 1. The molecule has 114 valence electrons. The molecule has 0 aromatic carbocycles. The molecule has 0 radical (unpaired) electrons. The van der Waals surface area contributed by atoms with Gasteiger partial charge < -0.3 is 20.3 Å². The Bertz CT molecular complexity index is 241. The van der Waals surface area contributed by atoms with E-state index in [1.807, 2.05) is 20.8 Å². The summed E-state index contributed by atoms with van der Waals surface area (Å²) < 4.78 is 10.4. The van der Waals surface area contributed by atoms with E-state index >= 15 is 0 Å². The second kappa shape index (κ2) is 10.1. The maximum atomic E-state index is 11.6. The molecule has 0 aliphatic heterocycles. The zero-order valence-electron chi connectivity index (χ0n) is 12.4. The van der Waals surface area contributed by atoms with Crippen molar-refractivity contribution < 1.29 is 19.4 Å². The molecule has 6 nitrogen and oxygen atoms in total. The highest BCUT2D eigenvalue weighted by Crippen LogP contribution is 2.08. The SMILES string of the molecule is CC(C)(C)OC(=O)CCN(CCN)CCOCCO. The van der Waals surface area contributed by atoms with E-state index in [9.17, 15) is 4.79 Å². The van der Waals surface area contributed by atoms with Gasteiger partial charge in [-0.05, 0) is 20.8 Å². The smallest absolute Gasteiger partial charge is 0.307 e. The van der Waals surface area contributed by atoms with Gasteiger partial charge in [-0.2, -0.15) is 0 Å². The lowest BCUT2D eigenvalue weighted by Crippen LogP contribution is -2.35. The van der Waals surface area contributed by atoms with E-state index in [-0.39, 0.29) is 12.6 Å². The van der Waals surface area contributed by atoms with Crippen molar-refractivity contribution in [3.63, 3.8) is 0 Å². The van der Waals surface area contributed by atoms with Crippen molar-refractivity contribution in [2.75, 3.05) is 46.0 Å². The number of esters is 1. The molecule has 0 atom stereocenters. The summed E-state index contributed by atoms with van der Waals surface area (Å²) in [5, 5.41) is 8.60. The molecule has 0 saturated heterocycles. The van der Waals surface area contributed by atoms with Crippen molar-refractivity contribution in [1.82, 2.24) is 4.90 Å². The Hall–Kier alpha value is -0.690. The molecule has 19 heavy (non-hydrogen) atoms. The van der Waals surface area contributed by atoms with Crippen LogP contribution in [-0.4, -0.2) is 67.6 Å².